The normalized spacial score (nSPS) is 31.9. The average molecular weight is 285 g/mol. The number of rotatable bonds is 4. The molecule has 0 aromatic rings. The molecule has 0 aromatic heterocycles. The molecule has 0 spiro atoms. The highest BCUT2D eigenvalue weighted by atomic mass is 16.6. The molecule has 2 saturated heterocycles. The van der Waals surface area contributed by atoms with Crippen LogP contribution in [-0.2, 0) is 19.0 Å². The predicted molar refractivity (Wildman–Crippen MR) is 75.6 cm³/mol. The minimum absolute atomic E-state index is 0.0425. The Bertz CT molecular complexity index is 302. The van der Waals surface area contributed by atoms with Crippen LogP contribution in [0.4, 0.5) is 0 Å². The molecule has 0 radical (unpaired) electrons. The maximum absolute atomic E-state index is 12.5. The molecule has 2 aliphatic heterocycles. The van der Waals surface area contributed by atoms with Gasteiger partial charge in [0.05, 0.1) is 25.4 Å². The Balaban J connectivity index is 1.90. The summed E-state index contributed by atoms with van der Waals surface area (Å²) in [5.41, 5.74) is 0. The largest absolute Gasteiger partial charge is 0.380 e. The number of nitrogens with zero attached hydrogens (tertiary/aromatic N) is 1. The van der Waals surface area contributed by atoms with Crippen molar-refractivity contribution in [2.75, 3.05) is 32.9 Å². The van der Waals surface area contributed by atoms with E-state index in [2.05, 4.69) is 13.8 Å². The third-order valence-corrected chi connectivity index (χ3v) is 4.00. The van der Waals surface area contributed by atoms with Crippen molar-refractivity contribution >= 4 is 5.91 Å². The molecule has 1 amide bonds. The number of ether oxygens (including phenoxy) is 3. The highest BCUT2D eigenvalue weighted by Gasteiger charge is 2.36. The molecule has 0 aliphatic carbocycles. The molecule has 116 valence electrons. The zero-order valence-corrected chi connectivity index (χ0v) is 12.7. The van der Waals surface area contributed by atoms with E-state index in [1.54, 1.807) is 0 Å². The van der Waals surface area contributed by atoms with E-state index in [0.717, 1.165) is 38.8 Å². The smallest absolute Gasteiger partial charge is 0.254 e. The van der Waals surface area contributed by atoms with Gasteiger partial charge in [0, 0.05) is 19.7 Å². The topological polar surface area (TPSA) is 48.0 Å². The van der Waals surface area contributed by atoms with Gasteiger partial charge in [-0.2, -0.15) is 0 Å². The molecule has 5 nitrogen and oxygen atoms in total. The van der Waals surface area contributed by atoms with Crippen molar-refractivity contribution < 1.29 is 19.0 Å². The lowest BCUT2D eigenvalue weighted by molar-refractivity contribution is -0.195. The van der Waals surface area contributed by atoms with Gasteiger partial charge in [0.1, 0.15) is 0 Å². The second-order valence-corrected chi connectivity index (χ2v) is 5.52. The van der Waals surface area contributed by atoms with E-state index >= 15 is 0 Å². The quantitative estimate of drug-likeness (QED) is 0.787. The van der Waals surface area contributed by atoms with Crippen LogP contribution in [0, 0.1) is 0 Å². The summed E-state index contributed by atoms with van der Waals surface area (Å²) in [6.45, 7) is 7.39. The van der Waals surface area contributed by atoms with Gasteiger partial charge in [-0.05, 0) is 19.3 Å². The van der Waals surface area contributed by atoms with Crippen LogP contribution in [0.3, 0.4) is 0 Å². The van der Waals surface area contributed by atoms with Crippen molar-refractivity contribution in [2.24, 2.45) is 0 Å². The molecule has 0 saturated carbocycles. The van der Waals surface area contributed by atoms with Gasteiger partial charge in [-0.25, -0.2) is 0 Å². The lowest BCUT2D eigenvalue weighted by Gasteiger charge is -2.37. The molecule has 0 aromatic carbocycles. The Kier molecular flexibility index (Phi) is 6.26. The second-order valence-electron chi connectivity index (χ2n) is 5.52. The lowest BCUT2D eigenvalue weighted by Crippen LogP contribution is -2.51. The van der Waals surface area contributed by atoms with Crippen LogP contribution in [0.25, 0.3) is 0 Å². The number of carbonyl (C=O) groups is 1. The Morgan fingerprint density at radius 2 is 2.05 bits per heavy atom. The standard InChI is InChI=1S/C15H27NO4/c1-3-6-13-12(4-2)20-14(11-19-13)15(17)16-7-5-9-18-10-8-16/h12-14H,3-11H2,1-2H3. The number of carbonyl (C=O) groups excluding carboxylic acids is 1. The molecule has 2 fully saturated rings. The first-order valence-electron chi connectivity index (χ1n) is 7.89. The fraction of sp³-hybridized carbons (Fsp3) is 0.933. The molecule has 2 aliphatic rings. The van der Waals surface area contributed by atoms with E-state index in [0.29, 0.717) is 19.8 Å². The third-order valence-electron chi connectivity index (χ3n) is 4.00. The minimum atomic E-state index is -0.439. The Hall–Kier alpha value is -0.650. The van der Waals surface area contributed by atoms with Crippen molar-refractivity contribution in [3.05, 3.63) is 0 Å². The summed E-state index contributed by atoms with van der Waals surface area (Å²) in [6, 6.07) is 0. The first-order chi connectivity index (χ1) is 9.76. The minimum Gasteiger partial charge on any atom is -0.380 e. The summed E-state index contributed by atoms with van der Waals surface area (Å²) in [5, 5.41) is 0. The lowest BCUT2D eigenvalue weighted by atomic mass is 10.0. The van der Waals surface area contributed by atoms with Gasteiger partial charge in [0.15, 0.2) is 6.10 Å². The van der Waals surface area contributed by atoms with Crippen LogP contribution < -0.4 is 0 Å². The molecule has 0 bridgehead atoms. The maximum atomic E-state index is 12.5. The van der Waals surface area contributed by atoms with Crippen molar-refractivity contribution in [1.29, 1.82) is 0 Å². The van der Waals surface area contributed by atoms with Gasteiger partial charge in [-0.3, -0.25) is 4.79 Å². The molecule has 0 N–H and O–H groups in total. The zero-order valence-electron chi connectivity index (χ0n) is 12.7. The van der Waals surface area contributed by atoms with E-state index in [1.807, 2.05) is 4.90 Å². The highest BCUT2D eigenvalue weighted by Crippen LogP contribution is 2.22. The highest BCUT2D eigenvalue weighted by molar-refractivity contribution is 5.81. The summed E-state index contributed by atoms with van der Waals surface area (Å²) in [6.07, 6.45) is 3.60. The predicted octanol–water partition coefficient (Wildman–Crippen LogP) is 1.60. The van der Waals surface area contributed by atoms with Crippen molar-refractivity contribution in [2.45, 2.75) is 57.8 Å². The summed E-state index contributed by atoms with van der Waals surface area (Å²) < 4.78 is 17.3. The van der Waals surface area contributed by atoms with E-state index in [4.69, 9.17) is 14.2 Å². The average Bonchev–Trinajstić information content (AvgIpc) is 2.76. The van der Waals surface area contributed by atoms with Gasteiger partial charge >= 0.3 is 0 Å². The number of hydrogen-bond donors (Lipinski definition) is 0. The zero-order chi connectivity index (χ0) is 14.4. The number of hydrogen-bond acceptors (Lipinski definition) is 4. The summed E-state index contributed by atoms with van der Waals surface area (Å²) in [7, 11) is 0. The molecule has 5 heteroatoms. The van der Waals surface area contributed by atoms with E-state index in [1.165, 1.54) is 0 Å². The number of amides is 1. The van der Waals surface area contributed by atoms with Crippen LogP contribution in [0.2, 0.25) is 0 Å². The van der Waals surface area contributed by atoms with Crippen molar-refractivity contribution in [1.82, 2.24) is 4.90 Å². The molecule has 2 rings (SSSR count). The molecular formula is C15H27NO4. The SMILES string of the molecule is CCCC1OCC(C(=O)N2CCCOCC2)OC1CC. The van der Waals surface area contributed by atoms with Crippen LogP contribution in [-0.4, -0.2) is 62.0 Å². The Labute approximate surface area is 121 Å². The van der Waals surface area contributed by atoms with Crippen molar-refractivity contribution in [3.8, 4) is 0 Å². The van der Waals surface area contributed by atoms with Crippen LogP contribution in [0.5, 0.6) is 0 Å². The van der Waals surface area contributed by atoms with Gasteiger partial charge in [0.25, 0.3) is 5.91 Å². The second kappa shape index (κ2) is 7.96. The molecular weight excluding hydrogens is 258 g/mol. The fourth-order valence-electron chi connectivity index (χ4n) is 2.87. The third kappa shape index (κ3) is 3.93. The Morgan fingerprint density at radius 1 is 1.20 bits per heavy atom. The Morgan fingerprint density at radius 3 is 2.80 bits per heavy atom. The van der Waals surface area contributed by atoms with E-state index < -0.39 is 6.10 Å². The van der Waals surface area contributed by atoms with Crippen LogP contribution in [0.1, 0.15) is 39.5 Å². The molecule has 3 atom stereocenters. The molecule has 20 heavy (non-hydrogen) atoms. The monoisotopic (exact) mass is 285 g/mol. The first-order valence-corrected chi connectivity index (χ1v) is 7.89. The maximum Gasteiger partial charge on any atom is 0.254 e. The van der Waals surface area contributed by atoms with E-state index in [9.17, 15) is 4.79 Å². The molecule has 3 unspecified atom stereocenters. The fourth-order valence-corrected chi connectivity index (χ4v) is 2.87. The summed E-state index contributed by atoms with van der Waals surface area (Å²) in [4.78, 5) is 14.4. The molecule has 2 heterocycles. The summed E-state index contributed by atoms with van der Waals surface area (Å²) in [5.74, 6) is 0.0592. The van der Waals surface area contributed by atoms with Gasteiger partial charge < -0.3 is 19.1 Å². The van der Waals surface area contributed by atoms with Gasteiger partial charge in [-0.1, -0.05) is 20.3 Å². The van der Waals surface area contributed by atoms with E-state index in [-0.39, 0.29) is 18.1 Å². The van der Waals surface area contributed by atoms with Gasteiger partial charge in [0.2, 0.25) is 0 Å². The summed E-state index contributed by atoms with van der Waals surface area (Å²) >= 11 is 0. The van der Waals surface area contributed by atoms with Crippen LogP contribution >= 0.6 is 0 Å². The van der Waals surface area contributed by atoms with Crippen molar-refractivity contribution in [3.63, 3.8) is 0 Å². The van der Waals surface area contributed by atoms with Crippen LogP contribution in [0.15, 0.2) is 0 Å². The van der Waals surface area contributed by atoms with Gasteiger partial charge in [-0.15, -0.1) is 0 Å². The first kappa shape index (κ1) is 15.7.